The van der Waals surface area contributed by atoms with Crippen LogP contribution in [-0.4, -0.2) is 54.5 Å². The van der Waals surface area contributed by atoms with E-state index in [1.165, 1.54) is 0 Å². The SMILES string of the molecule is Cn1cnnc1C1(c2cccc(NC(=O)c3cc(CN4CCC[C@H](C(F)F)C4)cn4ccnc34)c2)CC(CC#N)C1. The molecule has 1 atom stereocenters. The Morgan fingerprint density at radius 1 is 1.29 bits per heavy atom. The molecular formula is C30H32F2N8O. The number of hydrogen-bond acceptors (Lipinski definition) is 6. The lowest BCUT2D eigenvalue weighted by Crippen LogP contribution is -2.44. The third-order valence-corrected chi connectivity index (χ3v) is 8.56. The molecule has 4 heterocycles. The molecule has 4 aromatic rings. The van der Waals surface area contributed by atoms with Crippen molar-refractivity contribution < 1.29 is 13.6 Å². The molecule has 3 aromatic heterocycles. The van der Waals surface area contributed by atoms with Gasteiger partial charge in [0.1, 0.15) is 17.8 Å². The van der Waals surface area contributed by atoms with Crippen LogP contribution in [0.1, 0.15) is 59.4 Å². The Hall–Kier alpha value is -4.17. The first-order valence-electron chi connectivity index (χ1n) is 14.0. The molecule has 2 fully saturated rings. The molecule has 1 N–H and O–H groups in total. The van der Waals surface area contributed by atoms with Crippen LogP contribution < -0.4 is 5.32 Å². The summed E-state index contributed by atoms with van der Waals surface area (Å²) in [6.45, 7) is 1.58. The van der Waals surface area contributed by atoms with E-state index in [0.717, 1.165) is 42.8 Å². The van der Waals surface area contributed by atoms with Crippen molar-refractivity contribution >= 4 is 17.2 Å². The maximum absolute atomic E-state index is 13.6. The molecule has 2 aliphatic rings. The normalized spacial score (nSPS) is 22.9. The quantitative estimate of drug-likeness (QED) is 0.333. The number of nitrogens with one attached hydrogen (secondary N) is 1. The van der Waals surface area contributed by atoms with Crippen LogP contribution >= 0.6 is 0 Å². The van der Waals surface area contributed by atoms with Gasteiger partial charge in [0.05, 0.1) is 17.0 Å². The molecule has 1 aliphatic heterocycles. The molecule has 212 valence electrons. The molecule has 0 radical (unpaired) electrons. The number of nitrogens with zero attached hydrogens (tertiary/aromatic N) is 7. The summed E-state index contributed by atoms with van der Waals surface area (Å²) in [6.07, 6.45) is 8.02. The summed E-state index contributed by atoms with van der Waals surface area (Å²) >= 11 is 0. The van der Waals surface area contributed by atoms with E-state index >= 15 is 0 Å². The zero-order valence-electron chi connectivity index (χ0n) is 22.9. The van der Waals surface area contributed by atoms with Gasteiger partial charge >= 0.3 is 0 Å². The molecule has 6 rings (SSSR count). The number of aryl methyl sites for hydroxylation is 1. The molecule has 1 amide bonds. The molecule has 11 heteroatoms. The molecule has 0 spiro atoms. The number of fused-ring (bicyclic) bond motifs is 1. The van der Waals surface area contributed by atoms with Crippen molar-refractivity contribution in [3.8, 4) is 6.07 Å². The van der Waals surface area contributed by atoms with E-state index in [4.69, 9.17) is 0 Å². The van der Waals surface area contributed by atoms with Crippen LogP contribution in [0.5, 0.6) is 0 Å². The average molecular weight is 559 g/mol. The molecule has 9 nitrogen and oxygen atoms in total. The Kier molecular flexibility index (Phi) is 7.26. The van der Waals surface area contributed by atoms with E-state index in [1.807, 2.05) is 57.4 Å². The van der Waals surface area contributed by atoms with E-state index in [2.05, 4.69) is 26.6 Å². The van der Waals surface area contributed by atoms with Crippen LogP contribution in [-0.2, 0) is 19.0 Å². The number of halogens is 2. The van der Waals surface area contributed by atoms with Gasteiger partial charge in [-0.05, 0) is 67.5 Å². The maximum Gasteiger partial charge on any atom is 0.259 e. The van der Waals surface area contributed by atoms with E-state index < -0.39 is 12.3 Å². The highest BCUT2D eigenvalue weighted by Gasteiger charge is 2.49. The van der Waals surface area contributed by atoms with Gasteiger partial charge in [0, 0.05) is 56.8 Å². The number of likely N-dealkylation sites (tertiary alicyclic amines) is 1. The summed E-state index contributed by atoms with van der Waals surface area (Å²) in [5.74, 6) is 0.204. The third kappa shape index (κ3) is 5.20. The predicted molar refractivity (Wildman–Crippen MR) is 148 cm³/mol. The lowest BCUT2D eigenvalue weighted by atomic mass is 9.57. The topological polar surface area (TPSA) is 104 Å². The maximum atomic E-state index is 13.6. The number of amides is 1. The number of piperidine rings is 1. The van der Waals surface area contributed by atoms with Gasteiger partial charge in [0.15, 0.2) is 0 Å². The average Bonchev–Trinajstić information content (AvgIpc) is 3.59. The van der Waals surface area contributed by atoms with E-state index in [9.17, 15) is 18.8 Å². The van der Waals surface area contributed by atoms with Crippen molar-refractivity contribution in [2.75, 3.05) is 18.4 Å². The second-order valence-corrected chi connectivity index (χ2v) is 11.4. The highest BCUT2D eigenvalue weighted by molar-refractivity contribution is 6.08. The largest absolute Gasteiger partial charge is 0.322 e. The van der Waals surface area contributed by atoms with Crippen LogP contribution in [0.25, 0.3) is 5.65 Å². The van der Waals surface area contributed by atoms with Crippen molar-refractivity contribution in [2.24, 2.45) is 18.9 Å². The molecule has 1 aliphatic carbocycles. The third-order valence-electron chi connectivity index (χ3n) is 8.56. The molecule has 1 aromatic carbocycles. The fourth-order valence-corrected chi connectivity index (χ4v) is 6.60. The standard InChI is InChI=1S/C30H32F2N8O/c1-38-19-35-37-29(38)30(14-20(15-30)7-8-33)23-5-2-6-24(13-23)36-28(41)25-12-21(17-40-11-9-34-27(25)40)16-39-10-3-4-22(18-39)26(31)32/h2,5-6,9,11-13,17,19-20,22,26H,3-4,7,10,14-16,18H2,1H3,(H,36,41)/t20?,22-,30?/m0/s1. The van der Waals surface area contributed by atoms with Gasteiger partial charge in [-0.3, -0.25) is 9.69 Å². The first-order valence-corrected chi connectivity index (χ1v) is 14.0. The number of nitriles is 1. The zero-order valence-corrected chi connectivity index (χ0v) is 22.9. The number of hydrogen-bond donors (Lipinski definition) is 1. The second-order valence-electron chi connectivity index (χ2n) is 11.4. The monoisotopic (exact) mass is 558 g/mol. The Labute approximate surface area is 236 Å². The summed E-state index contributed by atoms with van der Waals surface area (Å²) in [5.41, 5.74) is 3.08. The number of imidazole rings is 1. The lowest BCUT2D eigenvalue weighted by Gasteiger charge is -2.46. The molecule has 1 saturated carbocycles. The van der Waals surface area contributed by atoms with E-state index in [1.54, 1.807) is 18.7 Å². The van der Waals surface area contributed by atoms with Crippen molar-refractivity contribution in [3.63, 3.8) is 0 Å². The first-order chi connectivity index (χ1) is 19.9. The zero-order chi connectivity index (χ0) is 28.6. The Bertz CT molecular complexity index is 1600. The van der Waals surface area contributed by atoms with Gasteiger partial charge in [0.25, 0.3) is 5.91 Å². The lowest BCUT2D eigenvalue weighted by molar-refractivity contribution is 0.0253. The Balaban J connectivity index is 1.25. The van der Waals surface area contributed by atoms with Crippen LogP contribution in [0.3, 0.4) is 0 Å². The first kappa shape index (κ1) is 27.0. The summed E-state index contributed by atoms with van der Waals surface area (Å²) in [6, 6.07) is 11.9. The van der Waals surface area contributed by atoms with Crippen molar-refractivity contribution in [2.45, 2.75) is 50.5 Å². The van der Waals surface area contributed by atoms with Crippen LogP contribution in [0.15, 0.2) is 55.2 Å². The smallest absolute Gasteiger partial charge is 0.259 e. The highest BCUT2D eigenvalue weighted by Crippen LogP contribution is 2.53. The number of anilines is 1. The minimum absolute atomic E-state index is 0.280. The molecular weight excluding hydrogens is 526 g/mol. The molecule has 41 heavy (non-hydrogen) atoms. The summed E-state index contributed by atoms with van der Waals surface area (Å²) in [5, 5.41) is 20.8. The highest BCUT2D eigenvalue weighted by atomic mass is 19.3. The van der Waals surface area contributed by atoms with E-state index in [0.29, 0.717) is 42.8 Å². The van der Waals surface area contributed by atoms with Gasteiger partial charge in [-0.2, -0.15) is 5.26 Å². The summed E-state index contributed by atoms with van der Waals surface area (Å²) < 4.78 is 30.4. The number of rotatable bonds is 8. The fourth-order valence-electron chi connectivity index (χ4n) is 6.60. The second kappa shape index (κ2) is 11.0. The van der Waals surface area contributed by atoms with Crippen molar-refractivity contribution in [3.05, 3.63) is 77.8 Å². The van der Waals surface area contributed by atoms with E-state index in [-0.39, 0.29) is 17.2 Å². The van der Waals surface area contributed by atoms with Crippen LogP contribution in [0.2, 0.25) is 0 Å². The molecule has 0 bridgehead atoms. The predicted octanol–water partition coefficient (Wildman–Crippen LogP) is 4.80. The summed E-state index contributed by atoms with van der Waals surface area (Å²) in [4.78, 5) is 20.1. The van der Waals surface area contributed by atoms with Gasteiger partial charge < -0.3 is 14.3 Å². The van der Waals surface area contributed by atoms with Crippen LogP contribution in [0.4, 0.5) is 14.5 Å². The van der Waals surface area contributed by atoms with Gasteiger partial charge in [-0.1, -0.05) is 12.1 Å². The van der Waals surface area contributed by atoms with Crippen molar-refractivity contribution in [1.29, 1.82) is 5.26 Å². The Morgan fingerprint density at radius 2 is 2.15 bits per heavy atom. The minimum atomic E-state index is -2.32. The Morgan fingerprint density at radius 3 is 2.90 bits per heavy atom. The minimum Gasteiger partial charge on any atom is -0.322 e. The van der Waals surface area contributed by atoms with Gasteiger partial charge in [-0.15, -0.1) is 10.2 Å². The van der Waals surface area contributed by atoms with Gasteiger partial charge in [0.2, 0.25) is 6.43 Å². The number of carbonyl (C=O) groups excluding carboxylic acids is 1. The number of pyridine rings is 1. The fraction of sp³-hybridized carbons (Fsp3) is 0.433. The molecule has 0 unspecified atom stereocenters. The number of aromatic nitrogens is 5. The number of alkyl halides is 2. The summed E-state index contributed by atoms with van der Waals surface area (Å²) in [7, 11) is 1.92. The van der Waals surface area contributed by atoms with Crippen LogP contribution in [0, 0.1) is 23.2 Å². The number of carbonyl (C=O) groups is 1. The van der Waals surface area contributed by atoms with Gasteiger partial charge in [-0.25, -0.2) is 13.8 Å². The van der Waals surface area contributed by atoms with Crippen molar-refractivity contribution in [1.82, 2.24) is 29.0 Å². The number of benzene rings is 1. The molecule has 1 saturated heterocycles.